The first kappa shape index (κ1) is 16.5. The lowest BCUT2D eigenvalue weighted by Gasteiger charge is -2.36. The van der Waals surface area contributed by atoms with Crippen molar-refractivity contribution in [2.75, 3.05) is 32.0 Å². The van der Waals surface area contributed by atoms with Crippen molar-refractivity contribution in [2.24, 2.45) is 0 Å². The lowest BCUT2D eigenvalue weighted by atomic mass is 10.0. The number of likely N-dealkylation sites (tertiary alicyclic amines) is 1. The van der Waals surface area contributed by atoms with Gasteiger partial charge in [0, 0.05) is 38.8 Å². The molecule has 120 valence electrons. The van der Waals surface area contributed by atoms with E-state index in [1.54, 1.807) is 6.92 Å². The van der Waals surface area contributed by atoms with Crippen LogP contribution in [0.4, 0.5) is 5.69 Å². The molecular weight excluding hydrogens is 278 g/mol. The number of hydrogen-bond donors (Lipinski definition) is 1. The molecular formula is C17H25N3O2. The molecule has 0 aliphatic carbocycles. The molecule has 0 spiro atoms. The van der Waals surface area contributed by atoms with Gasteiger partial charge in [0.05, 0.1) is 6.54 Å². The van der Waals surface area contributed by atoms with Crippen LogP contribution in [-0.2, 0) is 9.59 Å². The normalized spacial score (nSPS) is 16.3. The second kappa shape index (κ2) is 7.40. The fourth-order valence-electron chi connectivity index (χ4n) is 2.76. The van der Waals surface area contributed by atoms with Crippen molar-refractivity contribution in [1.29, 1.82) is 0 Å². The minimum absolute atomic E-state index is 0.0159. The van der Waals surface area contributed by atoms with Crippen molar-refractivity contribution in [3.8, 4) is 0 Å². The zero-order chi connectivity index (χ0) is 16.1. The van der Waals surface area contributed by atoms with E-state index in [0.29, 0.717) is 12.6 Å². The first-order valence-corrected chi connectivity index (χ1v) is 7.78. The van der Waals surface area contributed by atoms with E-state index >= 15 is 0 Å². The standard InChI is InChI=1S/C17H25N3O2/c1-13-4-6-15(7-5-13)18-17(22)12-20-10-8-16(9-11-20)19(3)14(2)21/h4-7,16H,8-12H2,1-3H3,(H,18,22). The summed E-state index contributed by atoms with van der Waals surface area (Å²) in [6.07, 6.45) is 1.85. The van der Waals surface area contributed by atoms with E-state index in [0.717, 1.165) is 31.6 Å². The highest BCUT2D eigenvalue weighted by Crippen LogP contribution is 2.15. The Morgan fingerprint density at radius 1 is 1.23 bits per heavy atom. The van der Waals surface area contributed by atoms with E-state index in [1.807, 2.05) is 43.1 Å². The Morgan fingerprint density at radius 3 is 2.36 bits per heavy atom. The number of anilines is 1. The number of piperidine rings is 1. The molecule has 2 rings (SSSR count). The molecule has 1 aliphatic heterocycles. The van der Waals surface area contributed by atoms with Crippen molar-refractivity contribution in [3.63, 3.8) is 0 Å². The Balaban J connectivity index is 1.77. The number of rotatable bonds is 4. The molecule has 5 heteroatoms. The van der Waals surface area contributed by atoms with Gasteiger partial charge in [0.2, 0.25) is 11.8 Å². The van der Waals surface area contributed by atoms with Gasteiger partial charge in [-0.3, -0.25) is 14.5 Å². The minimum Gasteiger partial charge on any atom is -0.343 e. The van der Waals surface area contributed by atoms with Crippen LogP contribution in [0.2, 0.25) is 0 Å². The highest BCUT2D eigenvalue weighted by atomic mass is 16.2. The summed E-state index contributed by atoms with van der Waals surface area (Å²) in [5.41, 5.74) is 2.01. The zero-order valence-electron chi connectivity index (χ0n) is 13.6. The molecule has 1 aromatic rings. The Hall–Kier alpha value is -1.88. The van der Waals surface area contributed by atoms with Crippen molar-refractivity contribution in [2.45, 2.75) is 32.7 Å². The van der Waals surface area contributed by atoms with Crippen LogP contribution < -0.4 is 5.32 Å². The smallest absolute Gasteiger partial charge is 0.238 e. The first-order valence-electron chi connectivity index (χ1n) is 7.78. The summed E-state index contributed by atoms with van der Waals surface area (Å²) in [5.74, 6) is 0.123. The number of amides is 2. The van der Waals surface area contributed by atoms with Crippen LogP contribution in [0, 0.1) is 6.92 Å². The maximum absolute atomic E-state index is 12.1. The van der Waals surface area contributed by atoms with Crippen molar-refractivity contribution < 1.29 is 9.59 Å². The highest BCUT2D eigenvalue weighted by molar-refractivity contribution is 5.92. The van der Waals surface area contributed by atoms with E-state index in [9.17, 15) is 9.59 Å². The molecule has 0 unspecified atom stereocenters. The van der Waals surface area contributed by atoms with E-state index in [2.05, 4.69) is 10.2 Å². The molecule has 1 fully saturated rings. The molecule has 1 aromatic carbocycles. The van der Waals surface area contributed by atoms with Gasteiger partial charge in [-0.2, -0.15) is 0 Å². The van der Waals surface area contributed by atoms with Gasteiger partial charge in [0.1, 0.15) is 0 Å². The largest absolute Gasteiger partial charge is 0.343 e. The number of benzene rings is 1. The maximum Gasteiger partial charge on any atom is 0.238 e. The molecule has 0 bridgehead atoms. The Kier molecular flexibility index (Phi) is 5.55. The Labute approximate surface area is 132 Å². The van der Waals surface area contributed by atoms with Gasteiger partial charge in [0.15, 0.2) is 0 Å². The summed E-state index contributed by atoms with van der Waals surface area (Å²) >= 11 is 0. The van der Waals surface area contributed by atoms with Gasteiger partial charge in [-0.1, -0.05) is 17.7 Å². The van der Waals surface area contributed by atoms with Gasteiger partial charge >= 0.3 is 0 Å². The molecule has 22 heavy (non-hydrogen) atoms. The van der Waals surface area contributed by atoms with E-state index in [1.165, 1.54) is 5.56 Å². The van der Waals surface area contributed by atoms with E-state index in [-0.39, 0.29) is 11.8 Å². The third kappa shape index (κ3) is 4.56. The summed E-state index contributed by atoms with van der Waals surface area (Å²) in [5, 5.41) is 2.92. The average molecular weight is 303 g/mol. The minimum atomic E-state index is 0.0159. The molecule has 0 saturated carbocycles. The zero-order valence-corrected chi connectivity index (χ0v) is 13.6. The second-order valence-electron chi connectivity index (χ2n) is 6.05. The van der Waals surface area contributed by atoms with Gasteiger partial charge in [-0.05, 0) is 31.9 Å². The summed E-state index contributed by atoms with van der Waals surface area (Å²) < 4.78 is 0. The van der Waals surface area contributed by atoms with Crippen LogP contribution in [0.25, 0.3) is 0 Å². The highest BCUT2D eigenvalue weighted by Gasteiger charge is 2.24. The van der Waals surface area contributed by atoms with Gasteiger partial charge in [0.25, 0.3) is 0 Å². The summed E-state index contributed by atoms with van der Waals surface area (Å²) in [4.78, 5) is 27.4. The quantitative estimate of drug-likeness (QED) is 0.924. The van der Waals surface area contributed by atoms with Gasteiger partial charge in [-0.25, -0.2) is 0 Å². The average Bonchev–Trinajstić information content (AvgIpc) is 2.49. The van der Waals surface area contributed by atoms with Crippen molar-refractivity contribution >= 4 is 17.5 Å². The fourth-order valence-corrected chi connectivity index (χ4v) is 2.76. The number of hydrogen-bond acceptors (Lipinski definition) is 3. The van der Waals surface area contributed by atoms with Crippen molar-refractivity contribution in [1.82, 2.24) is 9.80 Å². The molecule has 2 amide bonds. The van der Waals surface area contributed by atoms with Gasteiger partial charge in [-0.15, -0.1) is 0 Å². The number of nitrogens with one attached hydrogen (secondary N) is 1. The fraction of sp³-hybridized carbons (Fsp3) is 0.529. The number of carbonyl (C=O) groups is 2. The van der Waals surface area contributed by atoms with Crippen LogP contribution >= 0.6 is 0 Å². The van der Waals surface area contributed by atoms with Crippen LogP contribution in [0.1, 0.15) is 25.3 Å². The molecule has 5 nitrogen and oxygen atoms in total. The van der Waals surface area contributed by atoms with Gasteiger partial charge < -0.3 is 10.2 Å². The number of aryl methyl sites for hydroxylation is 1. The monoisotopic (exact) mass is 303 g/mol. The van der Waals surface area contributed by atoms with Crippen LogP contribution in [0.3, 0.4) is 0 Å². The third-order valence-electron chi connectivity index (χ3n) is 4.30. The SMILES string of the molecule is CC(=O)N(C)C1CCN(CC(=O)Nc2ccc(C)cc2)CC1. The lowest BCUT2D eigenvalue weighted by molar-refractivity contribution is -0.130. The Bertz CT molecular complexity index is 519. The maximum atomic E-state index is 12.1. The predicted octanol–water partition coefficient (Wildman–Crippen LogP) is 1.88. The lowest BCUT2D eigenvalue weighted by Crippen LogP contribution is -2.46. The summed E-state index contributed by atoms with van der Waals surface area (Å²) in [6.45, 7) is 5.73. The molecule has 1 N–H and O–H groups in total. The van der Waals surface area contributed by atoms with E-state index in [4.69, 9.17) is 0 Å². The molecule has 0 aromatic heterocycles. The number of carbonyl (C=O) groups excluding carboxylic acids is 2. The molecule has 1 aliphatic rings. The van der Waals surface area contributed by atoms with Crippen LogP contribution in [0.15, 0.2) is 24.3 Å². The summed E-state index contributed by atoms with van der Waals surface area (Å²) in [7, 11) is 1.85. The Morgan fingerprint density at radius 2 is 1.82 bits per heavy atom. The summed E-state index contributed by atoms with van der Waals surface area (Å²) in [6, 6.07) is 8.11. The van der Waals surface area contributed by atoms with Crippen LogP contribution in [0.5, 0.6) is 0 Å². The molecule has 1 heterocycles. The molecule has 0 atom stereocenters. The molecule has 0 radical (unpaired) electrons. The first-order chi connectivity index (χ1) is 10.5. The van der Waals surface area contributed by atoms with Crippen LogP contribution in [-0.4, -0.2) is 54.3 Å². The second-order valence-corrected chi connectivity index (χ2v) is 6.05. The number of nitrogens with zero attached hydrogens (tertiary/aromatic N) is 2. The topological polar surface area (TPSA) is 52.7 Å². The van der Waals surface area contributed by atoms with E-state index < -0.39 is 0 Å². The van der Waals surface area contributed by atoms with Crippen molar-refractivity contribution in [3.05, 3.63) is 29.8 Å². The predicted molar refractivity (Wildman–Crippen MR) is 87.7 cm³/mol. The molecule has 1 saturated heterocycles. The third-order valence-corrected chi connectivity index (χ3v) is 4.30.